The van der Waals surface area contributed by atoms with E-state index < -0.39 is 5.97 Å². The fourth-order valence-electron chi connectivity index (χ4n) is 2.00. The number of hydrogen-bond donors (Lipinski definition) is 1. The summed E-state index contributed by atoms with van der Waals surface area (Å²) in [4.78, 5) is 10.6. The van der Waals surface area contributed by atoms with E-state index in [1.165, 1.54) is 0 Å². The first-order chi connectivity index (χ1) is 8.75. The van der Waals surface area contributed by atoms with Crippen molar-refractivity contribution in [1.29, 1.82) is 0 Å². The lowest BCUT2D eigenvalue weighted by Gasteiger charge is -2.03. The van der Waals surface area contributed by atoms with E-state index in [-0.39, 0.29) is 6.61 Å². The molecule has 0 spiro atoms. The van der Waals surface area contributed by atoms with Gasteiger partial charge in [-0.2, -0.15) is 0 Å². The van der Waals surface area contributed by atoms with E-state index in [4.69, 9.17) is 14.3 Å². The van der Waals surface area contributed by atoms with Gasteiger partial charge in [-0.1, -0.05) is 24.3 Å². The molecule has 0 aliphatic carbocycles. The van der Waals surface area contributed by atoms with Crippen molar-refractivity contribution in [3.05, 3.63) is 42.5 Å². The van der Waals surface area contributed by atoms with Gasteiger partial charge in [0.05, 0.1) is 5.39 Å². The molecule has 18 heavy (non-hydrogen) atoms. The Kier molecular flexibility index (Phi) is 2.41. The molecule has 0 bridgehead atoms. The maximum Gasteiger partial charge on any atom is 0.341 e. The zero-order valence-corrected chi connectivity index (χ0v) is 9.42. The van der Waals surface area contributed by atoms with Crippen LogP contribution in [0.5, 0.6) is 5.75 Å². The lowest BCUT2D eigenvalue weighted by atomic mass is 10.1. The lowest BCUT2D eigenvalue weighted by Crippen LogP contribution is -2.09. The molecule has 0 radical (unpaired) electrons. The molecule has 90 valence electrons. The summed E-state index contributed by atoms with van der Waals surface area (Å²) in [5.41, 5.74) is 1.46. The molecule has 0 saturated carbocycles. The Morgan fingerprint density at radius 1 is 1.11 bits per heavy atom. The van der Waals surface area contributed by atoms with Crippen LogP contribution in [0.3, 0.4) is 0 Å². The van der Waals surface area contributed by atoms with E-state index >= 15 is 0 Å². The average molecular weight is 242 g/mol. The highest BCUT2D eigenvalue weighted by Crippen LogP contribution is 2.35. The molecule has 0 atom stereocenters. The summed E-state index contributed by atoms with van der Waals surface area (Å²) in [6.07, 6.45) is 0. The highest BCUT2D eigenvalue weighted by atomic mass is 16.5. The SMILES string of the molecule is O=C(O)COc1cccc2oc3ccccc3c12. The van der Waals surface area contributed by atoms with Crippen LogP contribution in [0.2, 0.25) is 0 Å². The lowest BCUT2D eigenvalue weighted by molar-refractivity contribution is -0.139. The normalized spacial score (nSPS) is 10.9. The molecule has 0 unspecified atom stereocenters. The van der Waals surface area contributed by atoms with Crippen LogP contribution in [-0.2, 0) is 4.79 Å². The van der Waals surface area contributed by atoms with Gasteiger partial charge in [-0.15, -0.1) is 0 Å². The molecule has 4 heteroatoms. The summed E-state index contributed by atoms with van der Waals surface area (Å²) >= 11 is 0. The molecule has 0 aliphatic rings. The summed E-state index contributed by atoms with van der Waals surface area (Å²) in [5, 5.41) is 10.4. The maximum absolute atomic E-state index is 10.6. The van der Waals surface area contributed by atoms with Crippen LogP contribution in [0.15, 0.2) is 46.9 Å². The predicted molar refractivity (Wildman–Crippen MR) is 66.9 cm³/mol. The predicted octanol–water partition coefficient (Wildman–Crippen LogP) is 3.05. The van der Waals surface area contributed by atoms with Gasteiger partial charge in [0.15, 0.2) is 6.61 Å². The summed E-state index contributed by atoms with van der Waals surface area (Å²) in [6.45, 7) is -0.362. The Balaban J connectivity index is 2.21. The zero-order chi connectivity index (χ0) is 12.5. The molecule has 1 aromatic heterocycles. The maximum atomic E-state index is 10.6. The van der Waals surface area contributed by atoms with E-state index in [0.29, 0.717) is 11.3 Å². The highest BCUT2D eigenvalue weighted by molar-refractivity contribution is 6.08. The van der Waals surface area contributed by atoms with Gasteiger partial charge >= 0.3 is 5.97 Å². The van der Waals surface area contributed by atoms with Crippen molar-refractivity contribution in [2.45, 2.75) is 0 Å². The molecular weight excluding hydrogens is 232 g/mol. The molecule has 1 heterocycles. The van der Waals surface area contributed by atoms with Crippen LogP contribution < -0.4 is 4.74 Å². The number of carbonyl (C=O) groups is 1. The number of carboxylic acid groups (broad SMARTS) is 1. The van der Waals surface area contributed by atoms with Crippen LogP contribution >= 0.6 is 0 Å². The number of fused-ring (bicyclic) bond motifs is 3. The number of benzene rings is 2. The third-order valence-electron chi connectivity index (χ3n) is 2.72. The fourth-order valence-corrected chi connectivity index (χ4v) is 2.00. The standard InChI is InChI=1S/C14H10O4/c15-13(16)8-17-11-6-3-7-12-14(11)9-4-1-2-5-10(9)18-12/h1-7H,8H2,(H,15,16). The van der Waals surface area contributed by atoms with Crippen LogP contribution in [0, 0.1) is 0 Å². The van der Waals surface area contributed by atoms with Crippen molar-refractivity contribution in [3.8, 4) is 5.75 Å². The van der Waals surface area contributed by atoms with E-state index in [1.54, 1.807) is 12.1 Å². The van der Waals surface area contributed by atoms with Crippen molar-refractivity contribution >= 4 is 27.9 Å². The topological polar surface area (TPSA) is 59.7 Å². The third-order valence-corrected chi connectivity index (χ3v) is 2.72. The largest absolute Gasteiger partial charge is 0.481 e. The smallest absolute Gasteiger partial charge is 0.341 e. The van der Waals surface area contributed by atoms with E-state index in [2.05, 4.69) is 0 Å². The van der Waals surface area contributed by atoms with Crippen LogP contribution in [-0.4, -0.2) is 17.7 Å². The molecule has 1 N–H and O–H groups in total. The first-order valence-corrected chi connectivity index (χ1v) is 5.50. The second-order valence-corrected chi connectivity index (χ2v) is 3.91. The van der Waals surface area contributed by atoms with E-state index in [9.17, 15) is 4.79 Å². The van der Waals surface area contributed by atoms with Gasteiger partial charge in [-0.3, -0.25) is 0 Å². The zero-order valence-electron chi connectivity index (χ0n) is 9.42. The van der Waals surface area contributed by atoms with Crippen molar-refractivity contribution in [3.63, 3.8) is 0 Å². The molecular formula is C14H10O4. The molecule has 3 aromatic rings. The third kappa shape index (κ3) is 1.68. The Bertz CT molecular complexity index is 727. The van der Waals surface area contributed by atoms with Crippen molar-refractivity contribution in [1.82, 2.24) is 0 Å². The van der Waals surface area contributed by atoms with Crippen molar-refractivity contribution < 1.29 is 19.1 Å². The number of para-hydroxylation sites is 1. The monoisotopic (exact) mass is 242 g/mol. The Hall–Kier alpha value is -2.49. The van der Waals surface area contributed by atoms with Crippen LogP contribution in [0.4, 0.5) is 0 Å². The molecule has 2 aromatic carbocycles. The highest BCUT2D eigenvalue weighted by Gasteiger charge is 2.11. The van der Waals surface area contributed by atoms with Gasteiger partial charge in [0, 0.05) is 5.39 Å². The first kappa shape index (κ1) is 10.7. The molecule has 0 saturated heterocycles. The van der Waals surface area contributed by atoms with Gasteiger partial charge < -0.3 is 14.3 Å². The van der Waals surface area contributed by atoms with E-state index in [1.807, 2.05) is 30.3 Å². The summed E-state index contributed by atoms with van der Waals surface area (Å²) < 4.78 is 11.0. The summed E-state index contributed by atoms with van der Waals surface area (Å²) in [6, 6.07) is 13.0. The Morgan fingerprint density at radius 2 is 1.89 bits per heavy atom. The van der Waals surface area contributed by atoms with Gasteiger partial charge in [-0.05, 0) is 18.2 Å². The minimum absolute atomic E-state index is 0.362. The average Bonchev–Trinajstić information content (AvgIpc) is 2.75. The number of furan rings is 1. The molecule has 0 aliphatic heterocycles. The second-order valence-electron chi connectivity index (χ2n) is 3.91. The minimum atomic E-state index is -1.00. The number of rotatable bonds is 3. The number of hydrogen-bond acceptors (Lipinski definition) is 3. The molecule has 0 amide bonds. The van der Waals surface area contributed by atoms with Crippen LogP contribution in [0.1, 0.15) is 0 Å². The number of carboxylic acids is 1. The van der Waals surface area contributed by atoms with Gasteiger partial charge in [-0.25, -0.2) is 4.79 Å². The van der Waals surface area contributed by atoms with Crippen LogP contribution in [0.25, 0.3) is 21.9 Å². The summed E-state index contributed by atoms with van der Waals surface area (Å²) in [7, 11) is 0. The Labute approximate surface area is 102 Å². The van der Waals surface area contributed by atoms with Gasteiger partial charge in [0.25, 0.3) is 0 Å². The molecule has 4 nitrogen and oxygen atoms in total. The minimum Gasteiger partial charge on any atom is -0.481 e. The number of ether oxygens (including phenoxy) is 1. The first-order valence-electron chi connectivity index (χ1n) is 5.50. The molecule has 3 rings (SSSR count). The Morgan fingerprint density at radius 3 is 2.72 bits per heavy atom. The summed E-state index contributed by atoms with van der Waals surface area (Å²) in [5.74, 6) is -0.473. The van der Waals surface area contributed by atoms with Gasteiger partial charge in [0.1, 0.15) is 16.9 Å². The number of aliphatic carboxylic acids is 1. The van der Waals surface area contributed by atoms with Crippen molar-refractivity contribution in [2.24, 2.45) is 0 Å². The van der Waals surface area contributed by atoms with Crippen molar-refractivity contribution in [2.75, 3.05) is 6.61 Å². The molecule has 0 fully saturated rings. The van der Waals surface area contributed by atoms with Gasteiger partial charge in [0.2, 0.25) is 0 Å². The fraction of sp³-hybridized carbons (Fsp3) is 0.0714. The van der Waals surface area contributed by atoms with E-state index in [0.717, 1.165) is 16.4 Å². The quantitative estimate of drug-likeness (QED) is 0.766. The second kappa shape index (κ2) is 4.07.